The number of ether oxygens (including phenoxy) is 1. The van der Waals surface area contributed by atoms with E-state index in [9.17, 15) is 4.79 Å². The van der Waals surface area contributed by atoms with Crippen LogP contribution in [0.4, 0.5) is 0 Å². The Balaban J connectivity index is 2.64. The molecular formula is C13H16ClN3O2. The first-order valence-electron chi connectivity index (χ1n) is 6.06. The number of carbonyl (C=O) groups excluding carboxylic acids is 1. The summed E-state index contributed by atoms with van der Waals surface area (Å²) in [4.78, 5) is 20.6. The number of carbonyl (C=O) groups is 1. The molecule has 0 N–H and O–H groups in total. The average molecular weight is 282 g/mol. The zero-order valence-corrected chi connectivity index (χ0v) is 11.9. The molecule has 1 unspecified atom stereocenters. The van der Waals surface area contributed by atoms with Crippen molar-refractivity contribution in [1.29, 1.82) is 0 Å². The van der Waals surface area contributed by atoms with Crippen LogP contribution >= 0.6 is 11.6 Å². The first-order valence-corrected chi connectivity index (χ1v) is 6.59. The summed E-state index contributed by atoms with van der Waals surface area (Å²) in [7, 11) is 1.37. The van der Waals surface area contributed by atoms with Gasteiger partial charge in [0.1, 0.15) is 17.4 Å². The maximum atomic E-state index is 11.8. The molecule has 0 aliphatic heterocycles. The maximum Gasteiger partial charge on any atom is 0.328 e. The van der Waals surface area contributed by atoms with Crippen LogP contribution in [0.2, 0.25) is 0 Å². The van der Waals surface area contributed by atoms with Gasteiger partial charge in [-0.2, -0.15) is 0 Å². The largest absolute Gasteiger partial charge is 0.467 e. The number of pyridine rings is 1. The minimum atomic E-state index is -0.470. The van der Waals surface area contributed by atoms with E-state index in [0.29, 0.717) is 17.9 Å². The molecule has 102 valence electrons. The molecule has 0 aromatic carbocycles. The number of alkyl halides is 1. The molecule has 0 aliphatic carbocycles. The van der Waals surface area contributed by atoms with Crippen molar-refractivity contribution < 1.29 is 9.53 Å². The van der Waals surface area contributed by atoms with Crippen molar-refractivity contribution in [2.45, 2.75) is 26.3 Å². The fraction of sp³-hybridized carbons (Fsp3) is 0.462. The third-order valence-corrected chi connectivity index (χ3v) is 3.29. The Morgan fingerprint density at radius 1 is 1.58 bits per heavy atom. The van der Waals surface area contributed by atoms with Gasteiger partial charge in [0.15, 0.2) is 5.65 Å². The molecule has 1 atom stereocenters. The van der Waals surface area contributed by atoms with Crippen molar-refractivity contribution >= 4 is 28.7 Å². The summed E-state index contributed by atoms with van der Waals surface area (Å²) in [5.74, 6) is 0.874. The van der Waals surface area contributed by atoms with E-state index in [-0.39, 0.29) is 5.97 Å². The van der Waals surface area contributed by atoms with Gasteiger partial charge in [0.05, 0.1) is 7.11 Å². The number of nitrogens with zero attached hydrogens (tertiary/aromatic N) is 3. The Hall–Kier alpha value is -1.62. The lowest BCUT2D eigenvalue weighted by atomic mass is 10.2. The Bertz CT molecular complexity index is 609. The fourth-order valence-corrected chi connectivity index (χ4v) is 2.27. The number of hydrogen-bond donors (Lipinski definition) is 0. The van der Waals surface area contributed by atoms with Crippen molar-refractivity contribution in [2.24, 2.45) is 0 Å². The van der Waals surface area contributed by atoms with Crippen molar-refractivity contribution in [1.82, 2.24) is 14.5 Å². The lowest BCUT2D eigenvalue weighted by Crippen LogP contribution is -2.20. The van der Waals surface area contributed by atoms with Crippen molar-refractivity contribution in [3.05, 3.63) is 23.7 Å². The van der Waals surface area contributed by atoms with Gasteiger partial charge in [-0.3, -0.25) is 4.57 Å². The van der Waals surface area contributed by atoms with Crippen LogP contribution in [0.25, 0.3) is 11.2 Å². The third kappa shape index (κ3) is 2.42. The van der Waals surface area contributed by atoms with Gasteiger partial charge in [-0.15, -0.1) is 11.6 Å². The van der Waals surface area contributed by atoms with Gasteiger partial charge >= 0.3 is 5.97 Å². The highest BCUT2D eigenvalue weighted by atomic mass is 35.5. The van der Waals surface area contributed by atoms with Gasteiger partial charge in [-0.1, -0.05) is 0 Å². The highest BCUT2D eigenvalue weighted by molar-refractivity contribution is 6.17. The molecule has 0 amide bonds. The lowest BCUT2D eigenvalue weighted by molar-refractivity contribution is -0.144. The number of esters is 1. The molecule has 2 aromatic heterocycles. The highest BCUT2D eigenvalue weighted by Crippen LogP contribution is 2.23. The van der Waals surface area contributed by atoms with E-state index in [2.05, 4.69) is 9.97 Å². The minimum absolute atomic E-state index is 0.321. The quantitative estimate of drug-likeness (QED) is 0.637. The van der Waals surface area contributed by atoms with Crippen LogP contribution < -0.4 is 0 Å². The Labute approximate surface area is 116 Å². The van der Waals surface area contributed by atoms with E-state index >= 15 is 0 Å². The van der Waals surface area contributed by atoms with E-state index in [1.54, 1.807) is 17.7 Å². The van der Waals surface area contributed by atoms with Gasteiger partial charge < -0.3 is 4.74 Å². The summed E-state index contributed by atoms with van der Waals surface area (Å²) in [6.07, 6.45) is 2.29. The van der Waals surface area contributed by atoms with Crippen LogP contribution in [-0.2, 0) is 16.0 Å². The average Bonchev–Trinajstić information content (AvgIpc) is 2.77. The van der Waals surface area contributed by atoms with E-state index < -0.39 is 6.04 Å². The first-order chi connectivity index (χ1) is 9.10. The van der Waals surface area contributed by atoms with Crippen molar-refractivity contribution in [3.63, 3.8) is 0 Å². The Morgan fingerprint density at radius 3 is 2.95 bits per heavy atom. The highest BCUT2D eigenvalue weighted by Gasteiger charge is 2.23. The molecule has 0 saturated carbocycles. The molecule has 19 heavy (non-hydrogen) atoms. The smallest absolute Gasteiger partial charge is 0.328 e. The number of halogens is 1. The van der Waals surface area contributed by atoms with Gasteiger partial charge in [-0.05, 0) is 25.5 Å². The first kappa shape index (κ1) is 13.8. The predicted octanol–water partition coefficient (Wildman–Crippen LogP) is 2.26. The molecule has 5 nitrogen and oxygen atoms in total. The molecule has 0 bridgehead atoms. The number of aryl methyl sites for hydroxylation is 2. The van der Waals surface area contributed by atoms with E-state index in [0.717, 1.165) is 16.9 Å². The van der Waals surface area contributed by atoms with E-state index in [1.807, 2.05) is 13.0 Å². The van der Waals surface area contributed by atoms with Gasteiger partial charge in [0, 0.05) is 18.5 Å². The van der Waals surface area contributed by atoms with Gasteiger partial charge in [0.2, 0.25) is 0 Å². The molecule has 0 aliphatic rings. The fourth-order valence-electron chi connectivity index (χ4n) is 2.10. The normalized spacial score (nSPS) is 12.6. The van der Waals surface area contributed by atoms with Crippen LogP contribution in [-0.4, -0.2) is 33.5 Å². The molecule has 2 heterocycles. The van der Waals surface area contributed by atoms with E-state index in [4.69, 9.17) is 16.3 Å². The summed E-state index contributed by atoms with van der Waals surface area (Å²) in [5, 5.41) is 0. The number of fused-ring (bicyclic) bond motifs is 1. The lowest BCUT2D eigenvalue weighted by Gasteiger charge is -2.14. The maximum absolute atomic E-state index is 11.8. The summed E-state index contributed by atoms with van der Waals surface area (Å²) < 4.78 is 6.60. The monoisotopic (exact) mass is 281 g/mol. The predicted molar refractivity (Wildman–Crippen MR) is 73.4 cm³/mol. The van der Waals surface area contributed by atoms with Crippen LogP contribution in [0.3, 0.4) is 0 Å². The summed E-state index contributed by atoms with van der Waals surface area (Å²) in [6.45, 7) is 3.74. The summed E-state index contributed by atoms with van der Waals surface area (Å²) in [6, 6.07) is 1.43. The minimum Gasteiger partial charge on any atom is -0.467 e. The molecule has 0 fully saturated rings. The van der Waals surface area contributed by atoms with Crippen LogP contribution in [0.5, 0.6) is 0 Å². The molecule has 2 rings (SSSR count). The zero-order chi connectivity index (χ0) is 14.0. The topological polar surface area (TPSA) is 57.0 Å². The van der Waals surface area contributed by atoms with Crippen LogP contribution in [0.15, 0.2) is 12.3 Å². The van der Waals surface area contributed by atoms with E-state index in [1.165, 1.54) is 7.11 Å². The number of methoxy groups -OCH3 is 1. The van der Waals surface area contributed by atoms with Crippen LogP contribution in [0, 0.1) is 6.92 Å². The summed E-state index contributed by atoms with van der Waals surface area (Å²) in [5.41, 5.74) is 2.52. The molecule has 2 aromatic rings. The Morgan fingerprint density at radius 2 is 2.32 bits per heavy atom. The Kier molecular flexibility index (Phi) is 4.04. The second-order valence-corrected chi connectivity index (χ2v) is 4.71. The molecule has 0 radical (unpaired) electrons. The number of aromatic nitrogens is 3. The van der Waals surface area contributed by atoms with Crippen molar-refractivity contribution in [3.8, 4) is 0 Å². The number of rotatable bonds is 4. The third-order valence-electron chi connectivity index (χ3n) is 3.10. The molecule has 6 heteroatoms. The summed E-state index contributed by atoms with van der Waals surface area (Å²) >= 11 is 5.80. The number of imidazole rings is 1. The SMILES string of the molecule is COC(=O)C(C)n1c(CCCl)nc2c(C)ccnc21. The molecule has 0 saturated heterocycles. The molecular weight excluding hydrogens is 266 g/mol. The standard InChI is InChI=1S/C13H16ClN3O2/c1-8-5-7-15-12-11(8)16-10(4-6-14)17(12)9(2)13(18)19-3/h5,7,9H,4,6H2,1-3H3. The van der Waals surface area contributed by atoms with Gasteiger partial charge in [-0.25, -0.2) is 14.8 Å². The molecule has 0 spiro atoms. The second-order valence-electron chi connectivity index (χ2n) is 4.34. The van der Waals surface area contributed by atoms with Crippen LogP contribution in [0.1, 0.15) is 24.4 Å². The van der Waals surface area contributed by atoms with Crippen molar-refractivity contribution in [2.75, 3.05) is 13.0 Å². The van der Waals surface area contributed by atoms with Gasteiger partial charge in [0.25, 0.3) is 0 Å². The number of hydrogen-bond acceptors (Lipinski definition) is 4. The second kappa shape index (κ2) is 5.57. The zero-order valence-electron chi connectivity index (χ0n) is 11.2.